The molecule has 1 amide bonds. The van der Waals surface area contributed by atoms with Crippen molar-refractivity contribution in [2.75, 3.05) is 5.32 Å². The van der Waals surface area contributed by atoms with Crippen LogP contribution in [0.4, 0.5) is 5.69 Å². The van der Waals surface area contributed by atoms with Crippen molar-refractivity contribution in [2.24, 2.45) is 0 Å². The molecule has 0 radical (unpaired) electrons. The summed E-state index contributed by atoms with van der Waals surface area (Å²) in [5, 5.41) is 15.4. The molecule has 0 aliphatic heterocycles. The first-order valence-electron chi connectivity index (χ1n) is 9.42. The highest BCUT2D eigenvalue weighted by Gasteiger charge is 2.14. The molecule has 0 spiro atoms. The molecule has 0 saturated carbocycles. The lowest BCUT2D eigenvalue weighted by Gasteiger charge is -2.08. The van der Waals surface area contributed by atoms with E-state index in [2.05, 4.69) is 36.5 Å². The van der Waals surface area contributed by atoms with Gasteiger partial charge in [0, 0.05) is 16.3 Å². The van der Waals surface area contributed by atoms with E-state index in [1.165, 1.54) is 0 Å². The number of carbonyl (C=O) groups is 1. The third kappa shape index (κ3) is 4.69. The van der Waals surface area contributed by atoms with Crippen LogP contribution in [0.1, 0.15) is 27.4 Å². The van der Waals surface area contributed by atoms with Crippen molar-refractivity contribution in [3.05, 3.63) is 85.7 Å². The number of H-pyrrole nitrogens is 1. The lowest BCUT2D eigenvalue weighted by Crippen LogP contribution is -2.13. The van der Waals surface area contributed by atoms with Crippen LogP contribution in [0, 0.1) is 13.8 Å². The Kier molecular flexibility index (Phi) is 6.18. The van der Waals surface area contributed by atoms with Gasteiger partial charge in [-0.25, -0.2) is 0 Å². The molecule has 0 atom stereocenters. The Morgan fingerprint density at radius 2 is 1.97 bits per heavy atom. The number of hydrogen-bond acceptors (Lipinski definition) is 3. The summed E-state index contributed by atoms with van der Waals surface area (Å²) in [6, 6.07) is 14.4. The Morgan fingerprint density at radius 1 is 1.16 bits per heavy atom. The molecular weight excluding hydrogens is 501 g/mol. The molecule has 0 saturated heterocycles. The number of anilines is 1. The van der Waals surface area contributed by atoms with E-state index in [0.717, 1.165) is 21.4 Å². The van der Waals surface area contributed by atoms with Crippen LogP contribution < -0.4 is 5.32 Å². The van der Waals surface area contributed by atoms with Gasteiger partial charge in [-0.15, -0.1) is 0 Å². The molecule has 0 bridgehead atoms. The Balaban J connectivity index is 1.50. The van der Waals surface area contributed by atoms with Gasteiger partial charge in [-0.2, -0.15) is 10.2 Å². The maximum Gasteiger partial charge on any atom is 0.273 e. The third-order valence-electron chi connectivity index (χ3n) is 4.84. The Hall–Kier alpha value is -2.61. The van der Waals surface area contributed by atoms with Crippen LogP contribution in [-0.2, 0) is 6.54 Å². The van der Waals surface area contributed by atoms with Crippen molar-refractivity contribution in [3.63, 3.8) is 0 Å². The largest absolute Gasteiger partial charge is 0.321 e. The van der Waals surface area contributed by atoms with E-state index in [0.29, 0.717) is 39.2 Å². The van der Waals surface area contributed by atoms with Crippen LogP contribution in [0.2, 0.25) is 10.0 Å². The molecule has 0 fully saturated rings. The number of hydrogen-bond donors (Lipinski definition) is 2. The molecule has 0 unspecified atom stereocenters. The molecule has 2 aromatic heterocycles. The number of aromatic nitrogens is 4. The second-order valence-electron chi connectivity index (χ2n) is 7.09. The van der Waals surface area contributed by atoms with Crippen molar-refractivity contribution in [3.8, 4) is 11.3 Å². The lowest BCUT2D eigenvalue weighted by atomic mass is 10.1. The van der Waals surface area contributed by atoms with E-state index in [9.17, 15) is 4.79 Å². The van der Waals surface area contributed by atoms with Crippen molar-refractivity contribution in [1.82, 2.24) is 20.0 Å². The van der Waals surface area contributed by atoms with Gasteiger partial charge in [0.25, 0.3) is 5.91 Å². The zero-order valence-electron chi connectivity index (χ0n) is 16.7. The fourth-order valence-corrected chi connectivity index (χ4v) is 4.01. The van der Waals surface area contributed by atoms with Gasteiger partial charge >= 0.3 is 0 Å². The summed E-state index contributed by atoms with van der Waals surface area (Å²) in [5.41, 5.74) is 5.29. The zero-order chi connectivity index (χ0) is 22.1. The van der Waals surface area contributed by atoms with Crippen LogP contribution in [0.3, 0.4) is 0 Å². The zero-order valence-corrected chi connectivity index (χ0v) is 19.8. The lowest BCUT2D eigenvalue weighted by molar-refractivity contribution is 0.102. The second kappa shape index (κ2) is 8.86. The summed E-state index contributed by atoms with van der Waals surface area (Å²) in [6.07, 6.45) is 0. The fourth-order valence-electron chi connectivity index (χ4n) is 3.22. The molecule has 4 rings (SSSR count). The summed E-state index contributed by atoms with van der Waals surface area (Å²) < 4.78 is 2.94. The van der Waals surface area contributed by atoms with E-state index < -0.39 is 0 Å². The van der Waals surface area contributed by atoms with Crippen LogP contribution >= 0.6 is 39.1 Å². The first-order valence-corrected chi connectivity index (χ1v) is 11.0. The highest BCUT2D eigenvalue weighted by Crippen LogP contribution is 2.29. The SMILES string of the molecule is Cc1nn(Cc2cccc(NC(=O)c3cc(-c4ccc(Cl)cc4Cl)n[nH]3)c2)c(C)c1Br. The minimum Gasteiger partial charge on any atom is -0.321 e. The first-order chi connectivity index (χ1) is 14.8. The number of halogens is 3. The van der Waals surface area contributed by atoms with Crippen molar-refractivity contribution < 1.29 is 4.79 Å². The summed E-state index contributed by atoms with van der Waals surface area (Å²) in [5.74, 6) is -0.296. The van der Waals surface area contributed by atoms with E-state index in [4.69, 9.17) is 23.2 Å². The van der Waals surface area contributed by atoms with Gasteiger partial charge in [0.05, 0.1) is 33.1 Å². The number of aryl methyl sites for hydroxylation is 1. The summed E-state index contributed by atoms with van der Waals surface area (Å²) in [4.78, 5) is 12.7. The second-order valence-corrected chi connectivity index (χ2v) is 8.72. The van der Waals surface area contributed by atoms with Gasteiger partial charge in [-0.1, -0.05) is 35.3 Å². The number of rotatable bonds is 5. The number of amides is 1. The molecule has 0 aliphatic rings. The molecule has 2 heterocycles. The van der Waals surface area contributed by atoms with Crippen molar-refractivity contribution in [1.29, 1.82) is 0 Å². The Labute approximate surface area is 197 Å². The Morgan fingerprint density at radius 3 is 2.68 bits per heavy atom. The maximum absolute atomic E-state index is 12.7. The van der Waals surface area contributed by atoms with Gasteiger partial charge < -0.3 is 5.32 Å². The normalized spacial score (nSPS) is 11.0. The van der Waals surface area contributed by atoms with Gasteiger partial charge in [0.15, 0.2) is 0 Å². The van der Waals surface area contributed by atoms with Crippen LogP contribution in [0.15, 0.2) is 53.0 Å². The fraction of sp³-hybridized carbons (Fsp3) is 0.136. The molecule has 6 nitrogen and oxygen atoms in total. The number of carbonyl (C=O) groups excluding carboxylic acids is 1. The third-order valence-corrected chi connectivity index (χ3v) is 6.54. The first kappa shape index (κ1) is 21.6. The molecule has 31 heavy (non-hydrogen) atoms. The van der Waals surface area contributed by atoms with Crippen LogP contribution in [0.25, 0.3) is 11.3 Å². The standard InChI is InChI=1S/C22H18BrCl2N5O/c1-12-21(23)13(2)30(29-12)11-14-4-3-5-16(8-14)26-22(31)20-10-19(27-28-20)17-7-6-15(24)9-18(17)25/h3-10H,11H2,1-2H3,(H,26,31)(H,27,28). The van der Waals surface area contributed by atoms with Gasteiger partial charge in [0.2, 0.25) is 0 Å². The van der Waals surface area contributed by atoms with Crippen molar-refractivity contribution >= 4 is 50.7 Å². The number of benzene rings is 2. The molecule has 2 N–H and O–H groups in total. The van der Waals surface area contributed by atoms with E-state index >= 15 is 0 Å². The average molecular weight is 519 g/mol. The molecule has 4 aromatic rings. The number of aromatic amines is 1. The Bertz CT molecular complexity index is 1280. The predicted molar refractivity (Wildman–Crippen MR) is 127 cm³/mol. The highest BCUT2D eigenvalue weighted by molar-refractivity contribution is 9.10. The molecular formula is C22H18BrCl2N5O. The van der Waals surface area contributed by atoms with Crippen LogP contribution in [-0.4, -0.2) is 25.9 Å². The molecule has 158 valence electrons. The van der Waals surface area contributed by atoms with Gasteiger partial charge in [-0.05, 0) is 71.7 Å². The predicted octanol–water partition coefficient (Wildman–Crippen LogP) is 6.26. The van der Waals surface area contributed by atoms with Crippen molar-refractivity contribution in [2.45, 2.75) is 20.4 Å². The smallest absolute Gasteiger partial charge is 0.273 e. The molecule has 0 aliphatic carbocycles. The van der Waals surface area contributed by atoms with E-state index in [-0.39, 0.29) is 5.91 Å². The quantitative estimate of drug-likeness (QED) is 0.327. The minimum atomic E-state index is -0.296. The molecule has 9 heteroatoms. The molecule has 2 aromatic carbocycles. The van der Waals surface area contributed by atoms with Gasteiger partial charge in [0.1, 0.15) is 5.69 Å². The number of nitrogens with one attached hydrogen (secondary N) is 2. The highest BCUT2D eigenvalue weighted by atomic mass is 79.9. The number of nitrogens with zero attached hydrogens (tertiary/aromatic N) is 3. The van der Waals surface area contributed by atoms with E-state index in [1.54, 1.807) is 24.3 Å². The maximum atomic E-state index is 12.7. The van der Waals surface area contributed by atoms with E-state index in [1.807, 2.05) is 42.8 Å². The minimum absolute atomic E-state index is 0.296. The van der Waals surface area contributed by atoms with Crippen LogP contribution in [0.5, 0.6) is 0 Å². The van der Waals surface area contributed by atoms with Gasteiger partial charge in [-0.3, -0.25) is 14.6 Å². The topological polar surface area (TPSA) is 75.6 Å². The summed E-state index contributed by atoms with van der Waals surface area (Å²) in [6.45, 7) is 4.57. The summed E-state index contributed by atoms with van der Waals surface area (Å²) in [7, 11) is 0. The monoisotopic (exact) mass is 517 g/mol. The average Bonchev–Trinajstić information content (AvgIpc) is 3.30. The summed E-state index contributed by atoms with van der Waals surface area (Å²) >= 11 is 15.7.